The maximum Gasteiger partial charge on any atom is 0.239 e. The molecule has 1 saturated heterocycles. The van der Waals surface area contributed by atoms with Crippen LogP contribution in [-0.2, 0) is 9.59 Å². The van der Waals surface area contributed by atoms with Crippen LogP contribution in [0, 0.1) is 40.4 Å². The Labute approximate surface area is 255 Å². The van der Waals surface area contributed by atoms with Gasteiger partial charge >= 0.3 is 0 Å². The molecule has 1 spiro atoms. The molecule has 1 heterocycles. The summed E-state index contributed by atoms with van der Waals surface area (Å²) in [5, 5.41) is 17.3. The molecule has 5 aliphatic rings. The average molecular weight is 583 g/mol. The molecule has 2 amide bonds. The number of rotatable bonds is 11. The van der Waals surface area contributed by atoms with Crippen molar-refractivity contribution in [3.63, 3.8) is 0 Å². The SMILES string of the molecule is N=C(N)NCCC[C@@H]1N[C@H](CNC(=O)C2C3CC4CC5CC2C45C3)CCN(CC(c2ccccc2)c2ccccc2)C1=O. The van der Waals surface area contributed by atoms with E-state index in [0.717, 1.165) is 18.3 Å². The lowest BCUT2D eigenvalue weighted by Crippen LogP contribution is -2.63. The monoisotopic (exact) mass is 582 g/mol. The van der Waals surface area contributed by atoms with Gasteiger partial charge in [-0.1, -0.05) is 60.7 Å². The van der Waals surface area contributed by atoms with Gasteiger partial charge in [0, 0.05) is 44.1 Å². The summed E-state index contributed by atoms with van der Waals surface area (Å²) in [4.78, 5) is 29.7. The second-order valence-electron chi connectivity index (χ2n) is 13.9. The molecule has 43 heavy (non-hydrogen) atoms. The molecule has 8 heteroatoms. The molecule has 6 N–H and O–H groups in total. The van der Waals surface area contributed by atoms with E-state index in [2.05, 4.69) is 64.5 Å². The Morgan fingerprint density at radius 1 is 1.02 bits per heavy atom. The maximum atomic E-state index is 14.1. The summed E-state index contributed by atoms with van der Waals surface area (Å²) < 4.78 is 0. The minimum absolute atomic E-state index is 0.0258. The molecule has 1 aliphatic heterocycles. The molecule has 6 unspecified atom stereocenters. The van der Waals surface area contributed by atoms with Gasteiger partial charge in [0.1, 0.15) is 0 Å². The summed E-state index contributed by atoms with van der Waals surface area (Å²) >= 11 is 0. The number of guanidine groups is 1. The minimum Gasteiger partial charge on any atom is -0.370 e. The number of nitrogens with zero attached hydrogens (tertiary/aromatic N) is 1. The van der Waals surface area contributed by atoms with Crippen molar-refractivity contribution < 1.29 is 9.59 Å². The molecule has 0 radical (unpaired) electrons. The van der Waals surface area contributed by atoms with E-state index in [9.17, 15) is 9.59 Å². The van der Waals surface area contributed by atoms with Gasteiger partial charge in [0.25, 0.3) is 0 Å². The summed E-state index contributed by atoms with van der Waals surface area (Å²) in [6.07, 6.45) is 7.36. The zero-order chi connectivity index (χ0) is 29.6. The Hall–Kier alpha value is -3.39. The quantitative estimate of drug-likeness (QED) is 0.158. The lowest BCUT2D eigenvalue weighted by atomic mass is 9.37. The first-order valence-electron chi connectivity index (χ1n) is 16.4. The molecular formula is C35H46N6O2. The summed E-state index contributed by atoms with van der Waals surface area (Å²) in [6.45, 7) is 2.35. The predicted octanol–water partition coefficient (Wildman–Crippen LogP) is 3.44. The topological polar surface area (TPSA) is 123 Å². The predicted molar refractivity (Wildman–Crippen MR) is 167 cm³/mol. The average Bonchev–Trinajstić information content (AvgIpc) is 3.47. The van der Waals surface area contributed by atoms with E-state index in [0.29, 0.717) is 56.3 Å². The van der Waals surface area contributed by atoms with Crippen LogP contribution in [0.5, 0.6) is 0 Å². The number of nitrogens with one attached hydrogen (secondary N) is 4. The molecule has 7 rings (SSSR count). The molecule has 2 aromatic rings. The summed E-state index contributed by atoms with van der Waals surface area (Å²) in [6, 6.07) is 20.6. The molecule has 228 valence electrons. The Morgan fingerprint density at radius 3 is 2.37 bits per heavy atom. The van der Waals surface area contributed by atoms with Crippen molar-refractivity contribution in [1.82, 2.24) is 20.9 Å². The third-order valence-corrected chi connectivity index (χ3v) is 11.9. The third kappa shape index (κ3) is 5.11. The van der Waals surface area contributed by atoms with Crippen LogP contribution in [0.2, 0.25) is 0 Å². The molecule has 5 fully saturated rings. The number of carbonyl (C=O) groups excluding carboxylic acids is 2. The Balaban J connectivity index is 1.04. The largest absolute Gasteiger partial charge is 0.370 e. The fourth-order valence-electron chi connectivity index (χ4n) is 9.92. The molecular weight excluding hydrogens is 536 g/mol. The fourth-order valence-corrected chi connectivity index (χ4v) is 9.92. The maximum absolute atomic E-state index is 14.1. The van der Waals surface area contributed by atoms with Gasteiger partial charge in [-0.05, 0) is 85.2 Å². The summed E-state index contributed by atoms with van der Waals surface area (Å²) in [5.41, 5.74) is 8.42. The Bertz CT molecular complexity index is 1300. The van der Waals surface area contributed by atoms with Crippen LogP contribution in [0.25, 0.3) is 0 Å². The van der Waals surface area contributed by atoms with Crippen molar-refractivity contribution in [2.45, 2.75) is 62.9 Å². The molecule has 4 aliphatic carbocycles. The molecule has 2 bridgehead atoms. The Morgan fingerprint density at radius 2 is 1.72 bits per heavy atom. The highest BCUT2D eigenvalue weighted by atomic mass is 16.2. The van der Waals surface area contributed by atoms with Crippen LogP contribution in [0.15, 0.2) is 60.7 Å². The number of fused-ring (bicyclic) bond motifs is 1. The molecule has 0 aromatic heterocycles. The van der Waals surface area contributed by atoms with Gasteiger partial charge in [0.2, 0.25) is 11.8 Å². The highest BCUT2D eigenvalue weighted by Crippen LogP contribution is 2.82. The van der Waals surface area contributed by atoms with Gasteiger partial charge in [-0.25, -0.2) is 0 Å². The number of hydrogen-bond acceptors (Lipinski definition) is 4. The second-order valence-corrected chi connectivity index (χ2v) is 13.9. The van der Waals surface area contributed by atoms with E-state index in [1.165, 1.54) is 36.8 Å². The summed E-state index contributed by atoms with van der Waals surface area (Å²) in [5.74, 6) is 3.57. The van der Waals surface area contributed by atoms with Crippen molar-refractivity contribution >= 4 is 17.8 Å². The molecule has 8 nitrogen and oxygen atoms in total. The van der Waals surface area contributed by atoms with E-state index in [4.69, 9.17) is 11.1 Å². The molecule has 2 aromatic carbocycles. The standard InChI is InChI=1S/C35H46N6O2/c36-34(37)38-14-7-12-30-33(43)41(21-28(22-8-3-1-4-9-22)23-10-5-2-6-11-23)15-13-27(40-30)20-39-32(42)31-24-16-25-17-26-18-29(31)35(25,26)19-24/h1-6,8-11,24-31,40H,7,12-21H2,(H,39,42)(H4,36,37,38)/t24?,25?,26?,27-,29?,30-,31?,35?/m0/s1. The smallest absolute Gasteiger partial charge is 0.239 e. The number of hydrogen-bond donors (Lipinski definition) is 5. The van der Waals surface area contributed by atoms with Crippen molar-refractivity contribution in [1.29, 1.82) is 5.41 Å². The lowest BCUT2D eigenvalue weighted by molar-refractivity contribution is -0.194. The van der Waals surface area contributed by atoms with Crippen LogP contribution in [0.3, 0.4) is 0 Å². The van der Waals surface area contributed by atoms with E-state index in [1.807, 2.05) is 17.0 Å². The summed E-state index contributed by atoms with van der Waals surface area (Å²) in [7, 11) is 0. The second kappa shape index (κ2) is 11.6. The number of benzene rings is 2. The van der Waals surface area contributed by atoms with Crippen molar-refractivity contribution in [3.05, 3.63) is 71.8 Å². The Kier molecular flexibility index (Phi) is 7.66. The van der Waals surface area contributed by atoms with Crippen LogP contribution < -0.4 is 21.7 Å². The van der Waals surface area contributed by atoms with Crippen LogP contribution in [0.4, 0.5) is 0 Å². The molecule has 8 atom stereocenters. The highest BCUT2D eigenvalue weighted by molar-refractivity contribution is 5.83. The number of nitrogens with two attached hydrogens (primary N) is 1. The number of carbonyl (C=O) groups is 2. The first kappa shape index (κ1) is 28.4. The van der Waals surface area contributed by atoms with Crippen molar-refractivity contribution in [2.75, 3.05) is 26.2 Å². The lowest BCUT2D eigenvalue weighted by Gasteiger charge is -2.67. The van der Waals surface area contributed by atoms with Crippen LogP contribution >= 0.6 is 0 Å². The van der Waals surface area contributed by atoms with Crippen molar-refractivity contribution in [3.8, 4) is 0 Å². The van der Waals surface area contributed by atoms with E-state index < -0.39 is 0 Å². The van der Waals surface area contributed by atoms with Gasteiger partial charge < -0.3 is 26.6 Å². The van der Waals surface area contributed by atoms with Gasteiger partial charge in [-0.3, -0.25) is 15.0 Å². The van der Waals surface area contributed by atoms with Crippen molar-refractivity contribution in [2.24, 2.45) is 40.7 Å². The fraction of sp³-hybridized carbons (Fsp3) is 0.571. The first-order valence-corrected chi connectivity index (χ1v) is 16.4. The van der Waals surface area contributed by atoms with Gasteiger partial charge in [-0.2, -0.15) is 0 Å². The zero-order valence-electron chi connectivity index (χ0n) is 25.0. The zero-order valence-corrected chi connectivity index (χ0v) is 25.0. The van der Waals surface area contributed by atoms with Crippen LogP contribution in [0.1, 0.15) is 62.0 Å². The highest BCUT2D eigenvalue weighted by Gasteiger charge is 2.77. The molecule has 4 saturated carbocycles. The third-order valence-electron chi connectivity index (χ3n) is 11.9. The van der Waals surface area contributed by atoms with E-state index >= 15 is 0 Å². The minimum atomic E-state index is -0.352. The first-order chi connectivity index (χ1) is 20.9. The van der Waals surface area contributed by atoms with Crippen LogP contribution in [-0.4, -0.2) is 60.9 Å². The van der Waals surface area contributed by atoms with E-state index in [1.54, 1.807) is 0 Å². The van der Waals surface area contributed by atoms with E-state index in [-0.39, 0.29) is 41.7 Å². The van der Waals surface area contributed by atoms with Gasteiger partial charge in [0.05, 0.1) is 6.04 Å². The normalized spacial score (nSPS) is 33.7. The van der Waals surface area contributed by atoms with Gasteiger partial charge in [-0.15, -0.1) is 0 Å². The van der Waals surface area contributed by atoms with Gasteiger partial charge in [0.15, 0.2) is 5.96 Å². The number of amides is 2.